The Morgan fingerprint density at radius 3 is 2.21 bits per heavy atom. The summed E-state index contributed by atoms with van der Waals surface area (Å²) in [6.45, 7) is 8.16. The number of halogens is 3. The Balaban J connectivity index is 2.07. The second-order valence-corrected chi connectivity index (χ2v) is 7.64. The maximum atomic E-state index is 13.0. The Hall–Kier alpha value is -1.76. The molecule has 1 aliphatic heterocycles. The average molecular weight is 343 g/mol. The molecule has 0 spiro atoms. The van der Waals surface area contributed by atoms with Crippen LogP contribution in [0, 0.1) is 0 Å². The van der Waals surface area contributed by atoms with Gasteiger partial charge in [-0.25, -0.2) is 4.79 Å². The van der Waals surface area contributed by atoms with Crippen molar-refractivity contribution < 1.29 is 18.0 Å². The molecule has 3 N–H and O–H groups in total. The lowest BCUT2D eigenvalue weighted by atomic mass is 9.80. The monoisotopic (exact) mass is 343 g/mol. The van der Waals surface area contributed by atoms with Crippen LogP contribution in [-0.4, -0.2) is 23.2 Å². The molecule has 0 saturated carbocycles. The highest BCUT2D eigenvalue weighted by molar-refractivity contribution is 5.90. The van der Waals surface area contributed by atoms with Crippen molar-refractivity contribution in [2.75, 3.05) is 5.32 Å². The van der Waals surface area contributed by atoms with Crippen LogP contribution in [-0.2, 0) is 6.18 Å². The van der Waals surface area contributed by atoms with E-state index in [-0.39, 0.29) is 22.8 Å². The van der Waals surface area contributed by atoms with Crippen molar-refractivity contribution in [3.63, 3.8) is 0 Å². The molecular weight excluding hydrogens is 319 g/mol. The van der Waals surface area contributed by atoms with E-state index in [9.17, 15) is 18.0 Å². The minimum absolute atomic E-state index is 0.116. The number of amides is 2. The predicted molar refractivity (Wildman–Crippen MR) is 87.9 cm³/mol. The van der Waals surface area contributed by atoms with Crippen LogP contribution in [0.5, 0.6) is 0 Å². The van der Waals surface area contributed by atoms with Crippen molar-refractivity contribution >= 4 is 11.7 Å². The lowest BCUT2D eigenvalue weighted by Gasteiger charge is -2.46. The number of para-hydroxylation sites is 1. The standard InChI is InChI=1S/C17H24F3N3O/c1-15(2)9-11(10-16(3,4)23-15)21-14(24)22-13-8-6-5-7-12(13)17(18,19)20/h5-8,11,23H,9-10H2,1-4H3,(H2,21,22,24). The van der Waals surface area contributed by atoms with Gasteiger partial charge in [0.25, 0.3) is 0 Å². The zero-order valence-electron chi connectivity index (χ0n) is 14.3. The maximum Gasteiger partial charge on any atom is 0.418 e. The molecule has 2 rings (SSSR count). The van der Waals surface area contributed by atoms with E-state index in [1.165, 1.54) is 18.2 Å². The third-order valence-corrected chi connectivity index (χ3v) is 4.01. The molecule has 0 atom stereocenters. The number of piperidine rings is 1. The molecule has 0 aliphatic carbocycles. The minimum Gasteiger partial charge on any atom is -0.335 e. The number of hydrogen-bond acceptors (Lipinski definition) is 2. The molecule has 4 nitrogen and oxygen atoms in total. The summed E-state index contributed by atoms with van der Waals surface area (Å²) in [5.74, 6) is 0. The number of rotatable bonds is 2. The summed E-state index contributed by atoms with van der Waals surface area (Å²) in [5, 5.41) is 8.62. The quantitative estimate of drug-likeness (QED) is 0.756. The zero-order chi connectivity index (χ0) is 18.2. The molecule has 1 heterocycles. The smallest absolute Gasteiger partial charge is 0.335 e. The van der Waals surface area contributed by atoms with Crippen LogP contribution >= 0.6 is 0 Å². The van der Waals surface area contributed by atoms with Gasteiger partial charge in [0.05, 0.1) is 11.3 Å². The molecule has 1 aromatic rings. The molecule has 0 bridgehead atoms. The fourth-order valence-electron chi connectivity index (χ4n) is 3.61. The van der Waals surface area contributed by atoms with Gasteiger partial charge in [-0.3, -0.25) is 0 Å². The highest BCUT2D eigenvalue weighted by Crippen LogP contribution is 2.34. The van der Waals surface area contributed by atoms with Crippen molar-refractivity contribution in [2.24, 2.45) is 0 Å². The van der Waals surface area contributed by atoms with Crippen LogP contribution in [0.15, 0.2) is 24.3 Å². The summed E-state index contributed by atoms with van der Waals surface area (Å²) in [4.78, 5) is 12.2. The number of nitrogens with one attached hydrogen (secondary N) is 3. The summed E-state index contributed by atoms with van der Waals surface area (Å²) in [6.07, 6.45) is -3.11. The molecule has 24 heavy (non-hydrogen) atoms. The van der Waals surface area contributed by atoms with E-state index in [1.807, 2.05) is 27.7 Å². The first-order chi connectivity index (χ1) is 10.9. The van der Waals surface area contributed by atoms with Crippen LogP contribution in [0.4, 0.5) is 23.7 Å². The van der Waals surface area contributed by atoms with Crippen LogP contribution < -0.4 is 16.0 Å². The SMILES string of the molecule is CC1(C)CC(NC(=O)Nc2ccccc2C(F)(F)F)CC(C)(C)N1. The first-order valence-corrected chi connectivity index (χ1v) is 7.91. The van der Waals surface area contributed by atoms with E-state index in [0.717, 1.165) is 6.07 Å². The van der Waals surface area contributed by atoms with Crippen molar-refractivity contribution in [3.8, 4) is 0 Å². The van der Waals surface area contributed by atoms with E-state index < -0.39 is 17.8 Å². The Morgan fingerprint density at radius 2 is 1.67 bits per heavy atom. The Labute approximate surface area is 140 Å². The summed E-state index contributed by atoms with van der Waals surface area (Å²) in [5.41, 5.74) is -1.42. The second kappa shape index (κ2) is 6.27. The molecule has 7 heteroatoms. The van der Waals surface area contributed by atoms with Gasteiger partial charge in [0.2, 0.25) is 0 Å². The van der Waals surface area contributed by atoms with Gasteiger partial charge in [0.1, 0.15) is 0 Å². The van der Waals surface area contributed by atoms with E-state index >= 15 is 0 Å². The third kappa shape index (κ3) is 4.87. The third-order valence-electron chi connectivity index (χ3n) is 4.01. The lowest BCUT2D eigenvalue weighted by Crippen LogP contribution is -2.62. The van der Waals surface area contributed by atoms with Crippen LogP contribution in [0.2, 0.25) is 0 Å². The van der Waals surface area contributed by atoms with Gasteiger partial charge in [-0.1, -0.05) is 12.1 Å². The van der Waals surface area contributed by atoms with Gasteiger partial charge in [-0.2, -0.15) is 13.2 Å². The number of urea groups is 1. The van der Waals surface area contributed by atoms with E-state index in [2.05, 4.69) is 16.0 Å². The molecule has 1 fully saturated rings. The van der Waals surface area contributed by atoms with Gasteiger partial charge >= 0.3 is 12.2 Å². The highest BCUT2D eigenvalue weighted by atomic mass is 19.4. The van der Waals surface area contributed by atoms with E-state index in [4.69, 9.17) is 0 Å². The average Bonchev–Trinajstić information content (AvgIpc) is 2.33. The van der Waals surface area contributed by atoms with Crippen LogP contribution in [0.1, 0.15) is 46.1 Å². The van der Waals surface area contributed by atoms with Crippen molar-refractivity contribution in [1.82, 2.24) is 10.6 Å². The summed E-state index contributed by atoms with van der Waals surface area (Å²) in [7, 11) is 0. The number of alkyl halides is 3. The van der Waals surface area contributed by atoms with Crippen molar-refractivity contribution in [1.29, 1.82) is 0 Å². The van der Waals surface area contributed by atoms with Crippen molar-refractivity contribution in [2.45, 2.75) is 63.8 Å². The van der Waals surface area contributed by atoms with Crippen LogP contribution in [0.25, 0.3) is 0 Å². The first kappa shape index (κ1) is 18.6. The largest absolute Gasteiger partial charge is 0.418 e. The molecule has 2 amide bonds. The fourth-order valence-corrected chi connectivity index (χ4v) is 3.61. The van der Waals surface area contributed by atoms with E-state index in [1.54, 1.807) is 0 Å². The Morgan fingerprint density at radius 1 is 1.12 bits per heavy atom. The number of benzene rings is 1. The van der Waals surface area contributed by atoms with Gasteiger partial charge in [0, 0.05) is 17.1 Å². The van der Waals surface area contributed by atoms with Gasteiger partial charge in [-0.05, 0) is 52.7 Å². The molecule has 1 aromatic carbocycles. The molecule has 1 aliphatic rings. The van der Waals surface area contributed by atoms with Gasteiger partial charge in [-0.15, -0.1) is 0 Å². The van der Waals surface area contributed by atoms with Gasteiger partial charge < -0.3 is 16.0 Å². The predicted octanol–water partition coefficient (Wildman–Crippen LogP) is 4.14. The summed E-state index contributed by atoms with van der Waals surface area (Å²) in [6, 6.07) is 4.22. The first-order valence-electron chi connectivity index (χ1n) is 7.91. The topological polar surface area (TPSA) is 53.2 Å². The highest BCUT2D eigenvalue weighted by Gasteiger charge is 2.38. The molecule has 1 saturated heterocycles. The summed E-state index contributed by atoms with van der Waals surface area (Å²) < 4.78 is 38.9. The molecule has 0 unspecified atom stereocenters. The molecule has 0 radical (unpaired) electrons. The number of anilines is 1. The molecule has 134 valence electrons. The maximum absolute atomic E-state index is 13.0. The fraction of sp³-hybridized carbons (Fsp3) is 0.588. The minimum atomic E-state index is -4.51. The number of hydrogen-bond donors (Lipinski definition) is 3. The normalized spacial score (nSPS) is 20.5. The molecule has 0 aromatic heterocycles. The number of carbonyl (C=O) groups is 1. The summed E-state index contributed by atoms with van der Waals surface area (Å²) >= 11 is 0. The Bertz CT molecular complexity index is 595. The second-order valence-electron chi connectivity index (χ2n) is 7.64. The van der Waals surface area contributed by atoms with Crippen LogP contribution in [0.3, 0.4) is 0 Å². The van der Waals surface area contributed by atoms with Crippen molar-refractivity contribution in [3.05, 3.63) is 29.8 Å². The van der Waals surface area contributed by atoms with E-state index in [0.29, 0.717) is 12.8 Å². The van der Waals surface area contributed by atoms with Gasteiger partial charge in [0.15, 0.2) is 0 Å². The lowest BCUT2D eigenvalue weighted by molar-refractivity contribution is -0.136. The Kier molecular flexibility index (Phi) is 4.86. The molecular formula is C17H24F3N3O. The number of carbonyl (C=O) groups excluding carboxylic acids is 1. The zero-order valence-corrected chi connectivity index (χ0v) is 14.3.